The molecule has 0 saturated carbocycles. The average molecular weight is 195 g/mol. The van der Waals surface area contributed by atoms with E-state index in [1.165, 1.54) is 0 Å². The van der Waals surface area contributed by atoms with E-state index in [1.54, 1.807) is 18.2 Å². The third kappa shape index (κ3) is 3.06. The molecular weight excluding hydrogens is 184 g/mol. The number of rotatable bonds is 1. The molecule has 0 aliphatic carbocycles. The summed E-state index contributed by atoms with van der Waals surface area (Å²) >= 11 is 0. The second-order valence-corrected chi connectivity index (χ2v) is 3.01. The highest BCUT2D eigenvalue weighted by Gasteiger charge is 1.96. The fourth-order valence-corrected chi connectivity index (χ4v) is 1.000. The Morgan fingerprint density at radius 3 is 2.57 bits per heavy atom. The van der Waals surface area contributed by atoms with Crippen LogP contribution in [0.3, 0.4) is 0 Å². The Labute approximate surface area is 82.3 Å². The topological polar surface area (TPSA) is 3.24 Å². The maximum Gasteiger partial charge on any atom is 0.299 e. The molecule has 3 heteroatoms. The van der Waals surface area contributed by atoms with Gasteiger partial charge in [-0.1, -0.05) is 12.0 Å². The van der Waals surface area contributed by atoms with E-state index in [4.69, 9.17) is 0 Å². The van der Waals surface area contributed by atoms with E-state index < -0.39 is 6.43 Å². The SMILES string of the molecule is CN(C)c1cccc(C#CC(F)F)c1. The van der Waals surface area contributed by atoms with Crippen molar-refractivity contribution >= 4 is 5.69 Å². The summed E-state index contributed by atoms with van der Waals surface area (Å²) in [6.45, 7) is 0. The van der Waals surface area contributed by atoms with Crippen LogP contribution in [-0.4, -0.2) is 20.5 Å². The van der Waals surface area contributed by atoms with Crippen LogP contribution in [0.4, 0.5) is 14.5 Å². The molecule has 0 N–H and O–H groups in total. The van der Waals surface area contributed by atoms with Crippen molar-refractivity contribution in [2.75, 3.05) is 19.0 Å². The molecule has 0 bridgehead atoms. The van der Waals surface area contributed by atoms with Crippen LogP contribution in [0.5, 0.6) is 0 Å². The zero-order chi connectivity index (χ0) is 10.6. The van der Waals surface area contributed by atoms with Gasteiger partial charge in [-0.15, -0.1) is 0 Å². The van der Waals surface area contributed by atoms with Gasteiger partial charge in [-0.25, -0.2) is 0 Å². The van der Waals surface area contributed by atoms with Crippen molar-refractivity contribution in [2.45, 2.75) is 6.43 Å². The van der Waals surface area contributed by atoms with Gasteiger partial charge in [0.15, 0.2) is 0 Å². The third-order valence-corrected chi connectivity index (χ3v) is 1.69. The van der Waals surface area contributed by atoms with Gasteiger partial charge in [0, 0.05) is 25.3 Å². The molecule has 0 spiro atoms. The molecule has 74 valence electrons. The van der Waals surface area contributed by atoms with Crippen molar-refractivity contribution in [1.82, 2.24) is 0 Å². The Morgan fingerprint density at radius 2 is 2.00 bits per heavy atom. The van der Waals surface area contributed by atoms with E-state index in [9.17, 15) is 8.78 Å². The first-order valence-electron chi connectivity index (χ1n) is 4.16. The molecule has 0 radical (unpaired) electrons. The summed E-state index contributed by atoms with van der Waals surface area (Å²) in [6.07, 6.45) is -2.57. The van der Waals surface area contributed by atoms with Crippen LogP contribution in [0.25, 0.3) is 0 Å². The highest BCUT2D eigenvalue weighted by atomic mass is 19.3. The van der Waals surface area contributed by atoms with E-state index in [2.05, 4.69) is 5.92 Å². The number of hydrogen-bond donors (Lipinski definition) is 0. The Morgan fingerprint density at radius 1 is 1.29 bits per heavy atom. The minimum Gasteiger partial charge on any atom is -0.378 e. The Balaban J connectivity index is 2.91. The van der Waals surface area contributed by atoms with E-state index in [0.717, 1.165) is 5.69 Å². The van der Waals surface area contributed by atoms with E-state index in [-0.39, 0.29) is 0 Å². The first-order chi connectivity index (χ1) is 6.59. The smallest absolute Gasteiger partial charge is 0.299 e. The molecule has 1 aromatic carbocycles. The van der Waals surface area contributed by atoms with Gasteiger partial charge in [-0.05, 0) is 24.1 Å². The van der Waals surface area contributed by atoms with Crippen molar-refractivity contribution < 1.29 is 8.78 Å². The fourth-order valence-electron chi connectivity index (χ4n) is 1.000. The summed E-state index contributed by atoms with van der Waals surface area (Å²) in [5.41, 5.74) is 1.56. The molecule has 1 rings (SSSR count). The van der Waals surface area contributed by atoms with Crippen LogP contribution in [0.2, 0.25) is 0 Å². The molecule has 0 aliphatic rings. The van der Waals surface area contributed by atoms with Crippen LogP contribution in [0.15, 0.2) is 24.3 Å². The number of alkyl halides is 2. The number of hydrogen-bond acceptors (Lipinski definition) is 1. The quantitative estimate of drug-likeness (QED) is 0.622. The lowest BCUT2D eigenvalue weighted by Gasteiger charge is -2.11. The van der Waals surface area contributed by atoms with Crippen molar-refractivity contribution in [2.24, 2.45) is 0 Å². The standard InChI is InChI=1S/C11H11F2N/c1-14(2)10-5-3-4-9(8-10)6-7-11(12)13/h3-5,8,11H,1-2H3. The highest BCUT2D eigenvalue weighted by molar-refractivity contribution is 5.51. The maximum absolute atomic E-state index is 11.8. The van der Waals surface area contributed by atoms with Gasteiger partial charge >= 0.3 is 0 Å². The molecule has 0 aliphatic heterocycles. The van der Waals surface area contributed by atoms with Crippen LogP contribution in [-0.2, 0) is 0 Å². The fraction of sp³-hybridized carbons (Fsp3) is 0.273. The van der Waals surface area contributed by atoms with Crippen LogP contribution < -0.4 is 4.90 Å². The van der Waals surface area contributed by atoms with Crippen molar-refractivity contribution in [3.63, 3.8) is 0 Å². The summed E-state index contributed by atoms with van der Waals surface area (Å²) in [5, 5.41) is 0. The molecular formula is C11H11F2N. The molecule has 0 saturated heterocycles. The van der Waals surface area contributed by atoms with Crippen molar-refractivity contribution in [3.8, 4) is 11.8 Å². The predicted molar refractivity (Wildman–Crippen MR) is 53.7 cm³/mol. The van der Waals surface area contributed by atoms with Gasteiger partial charge in [0.2, 0.25) is 0 Å². The summed E-state index contributed by atoms with van der Waals surface area (Å²) in [6, 6.07) is 7.18. The van der Waals surface area contributed by atoms with E-state index in [1.807, 2.05) is 31.0 Å². The Bertz CT molecular complexity index is 361. The summed E-state index contributed by atoms with van der Waals surface area (Å²) in [5.74, 6) is 4.24. The monoisotopic (exact) mass is 195 g/mol. The lowest BCUT2D eigenvalue weighted by molar-refractivity contribution is 0.215. The number of nitrogens with zero attached hydrogens (tertiary/aromatic N) is 1. The van der Waals surface area contributed by atoms with Gasteiger partial charge in [-0.2, -0.15) is 8.78 Å². The molecule has 0 heterocycles. The van der Waals surface area contributed by atoms with Gasteiger partial charge in [0.25, 0.3) is 6.43 Å². The number of halogens is 2. The minimum absolute atomic E-state index is 0.608. The lowest BCUT2D eigenvalue weighted by atomic mass is 10.2. The molecule has 0 amide bonds. The highest BCUT2D eigenvalue weighted by Crippen LogP contribution is 2.12. The summed E-state index contributed by atoms with van der Waals surface area (Å²) in [7, 11) is 3.78. The van der Waals surface area contributed by atoms with Crippen LogP contribution in [0.1, 0.15) is 5.56 Å². The molecule has 0 aromatic heterocycles. The third-order valence-electron chi connectivity index (χ3n) is 1.69. The molecule has 0 atom stereocenters. The predicted octanol–water partition coefficient (Wildman–Crippen LogP) is 2.37. The van der Waals surface area contributed by atoms with Crippen molar-refractivity contribution in [1.29, 1.82) is 0 Å². The average Bonchev–Trinajstić information content (AvgIpc) is 2.15. The first kappa shape index (κ1) is 10.5. The Kier molecular flexibility index (Phi) is 3.47. The van der Waals surface area contributed by atoms with Crippen LogP contribution in [0, 0.1) is 11.8 Å². The largest absolute Gasteiger partial charge is 0.378 e. The zero-order valence-corrected chi connectivity index (χ0v) is 8.09. The number of benzene rings is 1. The summed E-state index contributed by atoms with van der Waals surface area (Å²) < 4.78 is 23.6. The Hall–Kier alpha value is -1.56. The second-order valence-electron chi connectivity index (χ2n) is 3.01. The molecule has 14 heavy (non-hydrogen) atoms. The molecule has 1 aromatic rings. The second kappa shape index (κ2) is 4.61. The number of anilines is 1. The van der Waals surface area contributed by atoms with Gasteiger partial charge in [0.05, 0.1) is 0 Å². The maximum atomic E-state index is 11.8. The van der Waals surface area contributed by atoms with Gasteiger partial charge < -0.3 is 4.90 Å². The molecule has 0 unspecified atom stereocenters. The summed E-state index contributed by atoms with van der Waals surface area (Å²) in [4.78, 5) is 1.90. The van der Waals surface area contributed by atoms with Crippen LogP contribution >= 0.6 is 0 Å². The van der Waals surface area contributed by atoms with Gasteiger partial charge in [-0.3, -0.25) is 0 Å². The normalized spacial score (nSPS) is 9.50. The van der Waals surface area contributed by atoms with E-state index >= 15 is 0 Å². The van der Waals surface area contributed by atoms with Gasteiger partial charge in [0.1, 0.15) is 0 Å². The molecule has 0 fully saturated rings. The zero-order valence-electron chi connectivity index (χ0n) is 8.09. The van der Waals surface area contributed by atoms with E-state index in [0.29, 0.717) is 5.56 Å². The lowest BCUT2D eigenvalue weighted by Crippen LogP contribution is -2.08. The molecule has 1 nitrogen and oxygen atoms in total. The first-order valence-corrected chi connectivity index (χ1v) is 4.16. The van der Waals surface area contributed by atoms with Crippen molar-refractivity contribution in [3.05, 3.63) is 29.8 Å². The minimum atomic E-state index is -2.57.